The van der Waals surface area contributed by atoms with E-state index in [0.717, 1.165) is 49.1 Å². The van der Waals surface area contributed by atoms with Gasteiger partial charge in [0.25, 0.3) is 11.8 Å². The number of amides is 4. The minimum atomic E-state index is -2.06. The van der Waals surface area contributed by atoms with Crippen LogP contribution < -0.4 is 4.90 Å². The Balaban J connectivity index is 1.36. The summed E-state index contributed by atoms with van der Waals surface area (Å²) in [4.78, 5) is 54.4. The number of aliphatic hydroxyl groups excluding tert-OH is 1. The summed E-state index contributed by atoms with van der Waals surface area (Å²) in [5.74, 6) is -5.21. The number of hydrogen-bond donors (Lipinski definition) is 1. The number of likely N-dealkylation sites (tertiary alicyclic amines) is 1. The van der Waals surface area contributed by atoms with Gasteiger partial charge in [0, 0.05) is 6.04 Å². The van der Waals surface area contributed by atoms with Crippen molar-refractivity contribution in [2.24, 2.45) is 17.8 Å². The van der Waals surface area contributed by atoms with Crippen molar-refractivity contribution in [1.29, 1.82) is 0 Å². The topological polar surface area (TPSA) is 108 Å². The van der Waals surface area contributed by atoms with Crippen LogP contribution in [0.2, 0.25) is 0 Å². The number of imide groups is 2. The molecular weight excluding hydrogens is 586 g/mol. The van der Waals surface area contributed by atoms with Crippen molar-refractivity contribution in [2.75, 3.05) is 4.90 Å². The fourth-order valence-electron chi connectivity index (χ4n) is 8.07. The van der Waals surface area contributed by atoms with E-state index in [1.165, 1.54) is 17.0 Å². The van der Waals surface area contributed by atoms with Gasteiger partial charge >= 0.3 is 0 Å². The van der Waals surface area contributed by atoms with E-state index in [-0.39, 0.29) is 47.9 Å². The Labute approximate surface area is 251 Å². The molecule has 4 amide bonds. The average Bonchev–Trinajstić information content (AvgIpc) is 3.60. The molecule has 3 aliphatic carbocycles. The molecule has 1 N–H and O–H groups in total. The summed E-state index contributed by atoms with van der Waals surface area (Å²) in [6, 6.07) is 7.86. The number of benzene rings is 1. The largest absolute Gasteiger partial charge is 0.463 e. The summed E-state index contributed by atoms with van der Waals surface area (Å²) in [5.41, 5.74) is 0.732. The van der Waals surface area contributed by atoms with Crippen molar-refractivity contribution >= 4 is 52.5 Å². The van der Waals surface area contributed by atoms with Crippen molar-refractivity contribution in [1.82, 2.24) is 4.90 Å². The van der Waals surface area contributed by atoms with Gasteiger partial charge in [-0.05, 0) is 68.0 Å². The quantitative estimate of drug-likeness (QED) is 0.301. The van der Waals surface area contributed by atoms with Gasteiger partial charge in [-0.15, -0.1) is 23.2 Å². The van der Waals surface area contributed by atoms with E-state index in [0.29, 0.717) is 5.57 Å². The van der Waals surface area contributed by atoms with Crippen molar-refractivity contribution in [2.45, 2.75) is 73.3 Å². The van der Waals surface area contributed by atoms with Crippen LogP contribution in [0, 0.1) is 23.6 Å². The highest BCUT2D eigenvalue weighted by atomic mass is 35.5. The van der Waals surface area contributed by atoms with Crippen LogP contribution in [0.1, 0.15) is 62.4 Å². The number of anilines is 1. The lowest BCUT2D eigenvalue weighted by Gasteiger charge is -2.49. The smallest absolute Gasteiger partial charge is 0.258 e. The minimum absolute atomic E-state index is 0.112. The number of furan rings is 1. The van der Waals surface area contributed by atoms with Gasteiger partial charge in [-0.3, -0.25) is 24.1 Å². The van der Waals surface area contributed by atoms with Crippen LogP contribution in [0.15, 0.2) is 52.5 Å². The third kappa shape index (κ3) is 3.62. The lowest BCUT2D eigenvalue weighted by Crippen LogP contribution is -2.60. The molecule has 2 aromatic rings. The number of fused-ring (bicyclic) bond motifs is 4. The molecule has 1 aromatic carbocycles. The number of hydrogen-bond acceptors (Lipinski definition) is 6. The van der Waals surface area contributed by atoms with E-state index in [2.05, 4.69) is 0 Å². The number of allylic oxidation sites excluding steroid dienone is 2. The molecule has 220 valence electrons. The Kier molecular flexibility index (Phi) is 6.46. The third-order valence-corrected chi connectivity index (χ3v) is 11.4. The highest BCUT2D eigenvalue weighted by Crippen LogP contribution is 2.66. The van der Waals surface area contributed by atoms with Crippen LogP contribution in [0.4, 0.5) is 10.1 Å². The summed E-state index contributed by atoms with van der Waals surface area (Å²) in [5, 5.41) is 9.72. The predicted octanol–water partition coefficient (Wildman–Crippen LogP) is 4.81. The van der Waals surface area contributed by atoms with Crippen molar-refractivity contribution < 1.29 is 33.1 Å². The molecule has 5 aliphatic rings. The zero-order valence-electron chi connectivity index (χ0n) is 22.6. The summed E-state index contributed by atoms with van der Waals surface area (Å²) in [6.07, 6.45) is 6.50. The fraction of sp³-hybridized carbons (Fsp3) is 0.484. The van der Waals surface area contributed by atoms with Crippen molar-refractivity contribution in [3.05, 3.63) is 65.4 Å². The van der Waals surface area contributed by atoms with Crippen LogP contribution in [-0.2, 0) is 25.8 Å². The van der Waals surface area contributed by atoms with E-state index in [1.54, 1.807) is 12.1 Å². The van der Waals surface area contributed by atoms with E-state index < -0.39 is 57.7 Å². The first kappa shape index (κ1) is 27.8. The number of rotatable bonds is 4. The highest BCUT2D eigenvalue weighted by Gasteiger charge is 2.77. The fourth-order valence-corrected chi connectivity index (χ4v) is 8.99. The Hall–Kier alpha value is -3.01. The maximum absolute atomic E-state index is 14.2. The summed E-state index contributed by atoms with van der Waals surface area (Å²) in [7, 11) is 0. The second-order valence-corrected chi connectivity index (χ2v) is 13.3. The number of halogens is 3. The SMILES string of the molecule is O=C1[C@H]2[C@H](CC=C3[C@H]2C[C@@]2(Cl)C(=O)N(c4ccc(F)cc4)C(=O)[C@@]2(Cl)[C@H]3c2ccc(CO)o2)C(=O)N1C1CCCCC1. The first-order valence-electron chi connectivity index (χ1n) is 14.4. The molecule has 2 saturated heterocycles. The summed E-state index contributed by atoms with van der Waals surface area (Å²) >= 11 is 14.6. The van der Waals surface area contributed by atoms with Gasteiger partial charge in [-0.2, -0.15) is 0 Å². The van der Waals surface area contributed by atoms with Gasteiger partial charge in [-0.1, -0.05) is 30.9 Å². The molecule has 0 radical (unpaired) electrons. The molecule has 2 aliphatic heterocycles. The van der Waals surface area contributed by atoms with E-state index in [1.807, 2.05) is 6.08 Å². The molecule has 42 heavy (non-hydrogen) atoms. The van der Waals surface area contributed by atoms with Crippen LogP contribution in [0.25, 0.3) is 0 Å². The van der Waals surface area contributed by atoms with E-state index in [9.17, 15) is 28.7 Å². The second kappa shape index (κ2) is 9.76. The Morgan fingerprint density at radius 1 is 0.929 bits per heavy atom. The zero-order valence-corrected chi connectivity index (χ0v) is 24.1. The van der Waals surface area contributed by atoms with Crippen LogP contribution >= 0.6 is 23.2 Å². The monoisotopic (exact) mass is 614 g/mol. The molecule has 3 heterocycles. The molecule has 1 aromatic heterocycles. The van der Waals surface area contributed by atoms with Gasteiger partial charge in [-0.25, -0.2) is 9.29 Å². The molecule has 0 unspecified atom stereocenters. The minimum Gasteiger partial charge on any atom is -0.463 e. The lowest BCUT2D eigenvalue weighted by molar-refractivity contribution is -0.143. The number of carbonyl (C=O) groups excluding carboxylic acids is 4. The molecule has 0 spiro atoms. The molecular formula is C31H29Cl2FN2O6. The maximum atomic E-state index is 14.2. The third-order valence-electron chi connectivity index (χ3n) is 9.99. The zero-order chi connectivity index (χ0) is 29.6. The summed E-state index contributed by atoms with van der Waals surface area (Å²) < 4.78 is 19.7. The van der Waals surface area contributed by atoms with Gasteiger partial charge in [0.05, 0.1) is 23.4 Å². The van der Waals surface area contributed by atoms with Gasteiger partial charge in [0.1, 0.15) is 23.9 Å². The number of alkyl halides is 2. The summed E-state index contributed by atoms with van der Waals surface area (Å²) in [6.45, 7) is -0.404. The molecule has 6 atom stereocenters. The normalized spacial score (nSPS) is 34.9. The van der Waals surface area contributed by atoms with Crippen LogP contribution in [-0.4, -0.2) is 49.4 Å². The standard InChI is InChI=1S/C31H29Cl2FN2O6/c32-30-14-22-20(11-12-21-24(22)27(39)35(26(21)38)17-4-2-1-3-5-17)25(23-13-10-19(15-37)42-23)31(30,33)29(41)36(28(30)40)18-8-6-16(34)7-9-18/h6-11,13,17,21-22,24-25,37H,1-5,12,14-15H2/t21-,22+,24-,25+,30+,31-/m0/s1. The van der Waals surface area contributed by atoms with E-state index in [4.69, 9.17) is 27.6 Å². The number of nitrogens with zero attached hydrogens (tertiary/aromatic N) is 2. The highest BCUT2D eigenvalue weighted by molar-refractivity contribution is 6.58. The van der Waals surface area contributed by atoms with Gasteiger partial charge in [0.15, 0.2) is 9.75 Å². The van der Waals surface area contributed by atoms with Gasteiger partial charge < -0.3 is 9.52 Å². The molecule has 0 bridgehead atoms. The molecule has 2 saturated carbocycles. The van der Waals surface area contributed by atoms with Gasteiger partial charge in [0.2, 0.25) is 11.8 Å². The number of carbonyl (C=O) groups is 4. The molecule has 7 rings (SSSR count). The lowest BCUT2D eigenvalue weighted by atomic mass is 9.57. The first-order valence-corrected chi connectivity index (χ1v) is 15.2. The molecule has 4 fully saturated rings. The van der Waals surface area contributed by atoms with Crippen LogP contribution in [0.3, 0.4) is 0 Å². The van der Waals surface area contributed by atoms with Crippen molar-refractivity contribution in [3.8, 4) is 0 Å². The molecule has 8 nitrogen and oxygen atoms in total. The average molecular weight is 615 g/mol. The van der Waals surface area contributed by atoms with Crippen LogP contribution in [0.5, 0.6) is 0 Å². The second-order valence-electron chi connectivity index (χ2n) is 12.1. The number of aliphatic hydroxyl groups is 1. The van der Waals surface area contributed by atoms with Crippen molar-refractivity contribution in [3.63, 3.8) is 0 Å². The maximum Gasteiger partial charge on any atom is 0.258 e. The molecule has 11 heteroatoms. The first-order chi connectivity index (χ1) is 20.1. The Morgan fingerprint density at radius 3 is 2.31 bits per heavy atom. The Bertz CT molecular complexity index is 1530. The predicted molar refractivity (Wildman–Crippen MR) is 150 cm³/mol. The van der Waals surface area contributed by atoms with E-state index >= 15 is 0 Å². The Morgan fingerprint density at radius 2 is 1.64 bits per heavy atom.